The van der Waals surface area contributed by atoms with Crippen LogP contribution < -0.4 is 15.9 Å². The third-order valence-electron chi connectivity index (χ3n) is 5.50. The van der Waals surface area contributed by atoms with Gasteiger partial charge in [0.1, 0.15) is 11.3 Å². The molecular weight excluding hydrogens is 352 g/mol. The van der Waals surface area contributed by atoms with E-state index in [1.807, 2.05) is 37.2 Å². The second-order valence-electron chi connectivity index (χ2n) is 7.66. The number of benzene rings is 2. The summed E-state index contributed by atoms with van der Waals surface area (Å²) in [7, 11) is 7.61. The van der Waals surface area contributed by atoms with Crippen molar-refractivity contribution in [2.24, 2.45) is 14.1 Å². The summed E-state index contributed by atoms with van der Waals surface area (Å²) in [5.74, 6) is 0.923. The molecule has 0 aliphatic rings. The van der Waals surface area contributed by atoms with E-state index in [1.54, 1.807) is 23.2 Å². The Kier molecular flexibility index (Phi) is 4.22. The average Bonchev–Trinajstić information content (AvgIpc) is 3.08. The number of aromatic nitrogens is 2. The third kappa shape index (κ3) is 2.76. The quantitative estimate of drug-likeness (QED) is 0.585. The topological polar surface area (TPSA) is 55.3 Å². The number of furan rings is 1. The molecule has 2 aromatic heterocycles. The predicted molar refractivity (Wildman–Crippen MR) is 116 cm³/mol. The van der Waals surface area contributed by atoms with Crippen molar-refractivity contribution >= 4 is 33.4 Å². The summed E-state index contributed by atoms with van der Waals surface area (Å²) in [5, 5.41) is 4.67. The molecule has 0 aliphatic heterocycles. The van der Waals surface area contributed by atoms with Crippen LogP contribution in [0.5, 0.6) is 0 Å². The van der Waals surface area contributed by atoms with Gasteiger partial charge < -0.3 is 14.6 Å². The third-order valence-corrected chi connectivity index (χ3v) is 5.50. The van der Waals surface area contributed by atoms with Crippen LogP contribution in [0.4, 0.5) is 11.4 Å². The summed E-state index contributed by atoms with van der Waals surface area (Å²) in [4.78, 5) is 14.4. The van der Waals surface area contributed by atoms with Crippen LogP contribution in [-0.2, 0) is 20.6 Å². The lowest BCUT2D eigenvalue weighted by Crippen LogP contribution is -2.19. The van der Waals surface area contributed by atoms with Crippen molar-refractivity contribution in [3.8, 4) is 0 Å². The van der Waals surface area contributed by atoms with E-state index in [0.29, 0.717) is 6.54 Å². The Labute approximate surface area is 164 Å². The van der Waals surface area contributed by atoms with Crippen molar-refractivity contribution < 1.29 is 4.42 Å². The van der Waals surface area contributed by atoms with E-state index in [-0.39, 0.29) is 5.69 Å². The van der Waals surface area contributed by atoms with Crippen LogP contribution in [0, 0.1) is 13.8 Å². The molecule has 0 atom stereocenters. The minimum Gasteiger partial charge on any atom is -0.459 e. The van der Waals surface area contributed by atoms with Crippen molar-refractivity contribution in [2.45, 2.75) is 20.4 Å². The first-order valence-corrected chi connectivity index (χ1v) is 9.37. The first-order chi connectivity index (χ1) is 13.3. The van der Waals surface area contributed by atoms with E-state index in [4.69, 9.17) is 4.42 Å². The fraction of sp³-hybridized carbons (Fsp3) is 0.318. The Bertz CT molecular complexity index is 1260. The lowest BCUT2D eigenvalue weighted by atomic mass is 10.1. The molecule has 4 aromatic rings. The molecule has 4 rings (SSSR count). The van der Waals surface area contributed by atoms with Gasteiger partial charge in [-0.1, -0.05) is 11.6 Å². The maximum absolute atomic E-state index is 12.3. The highest BCUT2D eigenvalue weighted by atomic mass is 16.3. The van der Waals surface area contributed by atoms with E-state index in [1.165, 1.54) is 5.56 Å². The van der Waals surface area contributed by atoms with Crippen molar-refractivity contribution in [1.29, 1.82) is 0 Å². The Hall–Kier alpha value is -3.15. The van der Waals surface area contributed by atoms with E-state index in [9.17, 15) is 4.79 Å². The van der Waals surface area contributed by atoms with Gasteiger partial charge in [-0.25, -0.2) is 4.79 Å². The molecule has 0 radical (unpaired) electrons. The fourth-order valence-electron chi connectivity index (χ4n) is 3.78. The maximum Gasteiger partial charge on any atom is 0.328 e. The zero-order valence-electron chi connectivity index (χ0n) is 17.3. The molecule has 6 nitrogen and oxygen atoms in total. The zero-order valence-corrected chi connectivity index (χ0v) is 17.3. The van der Waals surface area contributed by atoms with Gasteiger partial charge in [-0.15, -0.1) is 0 Å². The number of fused-ring (bicyclic) bond motifs is 2. The molecule has 6 heteroatoms. The molecule has 146 valence electrons. The molecule has 0 fully saturated rings. The van der Waals surface area contributed by atoms with Gasteiger partial charge in [-0.05, 0) is 38.1 Å². The van der Waals surface area contributed by atoms with E-state index >= 15 is 0 Å². The van der Waals surface area contributed by atoms with Crippen molar-refractivity contribution in [3.05, 3.63) is 57.7 Å². The molecular formula is C22H26N4O2. The standard InChI is InChI=1S/C22H26N4O2/c1-13-7-8-20-15(9-13)14(2)21(28-20)12-23-16-10-18-19(11-17(16)24(3)4)26(6)22(27)25(18)5/h7-11,23H,12H2,1-6H3. The van der Waals surface area contributed by atoms with Crippen LogP contribution in [0.2, 0.25) is 0 Å². The van der Waals surface area contributed by atoms with Crippen LogP contribution >= 0.6 is 0 Å². The first kappa shape index (κ1) is 18.2. The van der Waals surface area contributed by atoms with Gasteiger partial charge in [-0.2, -0.15) is 0 Å². The number of hydrogen-bond acceptors (Lipinski definition) is 4. The largest absolute Gasteiger partial charge is 0.459 e. The number of rotatable bonds is 4. The Morgan fingerprint density at radius 3 is 2.39 bits per heavy atom. The summed E-state index contributed by atoms with van der Waals surface area (Å²) >= 11 is 0. The number of nitrogens with one attached hydrogen (secondary N) is 1. The van der Waals surface area contributed by atoms with Gasteiger partial charge in [-0.3, -0.25) is 9.13 Å². The lowest BCUT2D eigenvalue weighted by molar-refractivity contribution is 0.555. The Morgan fingerprint density at radius 1 is 1.04 bits per heavy atom. The second-order valence-corrected chi connectivity index (χ2v) is 7.66. The van der Waals surface area contributed by atoms with Crippen LogP contribution in [0.3, 0.4) is 0 Å². The minimum absolute atomic E-state index is 0.0274. The summed E-state index contributed by atoms with van der Waals surface area (Å²) in [6, 6.07) is 10.3. The summed E-state index contributed by atoms with van der Waals surface area (Å²) in [5.41, 5.74) is 7.07. The smallest absolute Gasteiger partial charge is 0.328 e. The first-order valence-electron chi connectivity index (χ1n) is 9.37. The fourth-order valence-corrected chi connectivity index (χ4v) is 3.78. The van der Waals surface area contributed by atoms with Gasteiger partial charge in [0.05, 0.1) is 29.0 Å². The molecule has 0 saturated heterocycles. The average molecular weight is 378 g/mol. The summed E-state index contributed by atoms with van der Waals surface area (Å²) < 4.78 is 9.43. The van der Waals surface area contributed by atoms with Gasteiger partial charge in [0.2, 0.25) is 0 Å². The Morgan fingerprint density at radius 2 is 1.71 bits per heavy atom. The highest BCUT2D eigenvalue weighted by Gasteiger charge is 2.15. The maximum atomic E-state index is 12.3. The highest BCUT2D eigenvalue weighted by Crippen LogP contribution is 2.32. The molecule has 0 aliphatic carbocycles. The van der Waals surface area contributed by atoms with Gasteiger partial charge >= 0.3 is 5.69 Å². The second kappa shape index (κ2) is 6.48. The number of aryl methyl sites for hydroxylation is 4. The molecule has 0 unspecified atom stereocenters. The van der Waals surface area contributed by atoms with Crippen molar-refractivity contribution in [1.82, 2.24) is 9.13 Å². The summed E-state index contributed by atoms with van der Waals surface area (Å²) in [6.45, 7) is 4.76. The SMILES string of the molecule is Cc1ccc2oc(CNc3cc4c(cc3N(C)C)n(C)c(=O)n4C)c(C)c2c1. The monoisotopic (exact) mass is 378 g/mol. The van der Waals surface area contributed by atoms with Crippen LogP contribution in [0.1, 0.15) is 16.9 Å². The number of imidazole rings is 1. The zero-order chi connectivity index (χ0) is 20.2. The van der Waals surface area contributed by atoms with E-state index in [0.717, 1.165) is 44.7 Å². The highest BCUT2D eigenvalue weighted by molar-refractivity contribution is 5.89. The van der Waals surface area contributed by atoms with Gasteiger partial charge in [0.15, 0.2) is 0 Å². The number of hydrogen-bond donors (Lipinski definition) is 1. The molecule has 28 heavy (non-hydrogen) atoms. The van der Waals surface area contributed by atoms with Crippen LogP contribution in [0.15, 0.2) is 39.5 Å². The summed E-state index contributed by atoms with van der Waals surface area (Å²) in [6.07, 6.45) is 0. The number of anilines is 2. The lowest BCUT2D eigenvalue weighted by Gasteiger charge is -2.19. The molecule has 1 N–H and O–H groups in total. The van der Waals surface area contributed by atoms with Crippen LogP contribution in [0.25, 0.3) is 22.0 Å². The van der Waals surface area contributed by atoms with E-state index in [2.05, 4.69) is 31.3 Å². The van der Waals surface area contributed by atoms with Crippen LogP contribution in [-0.4, -0.2) is 23.2 Å². The van der Waals surface area contributed by atoms with Gasteiger partial charge in [0, 0.05) is 39.1 Å². The minimum atomic E-state index is -0.0274. The van der Waals surface area contributed by atoms with Crippen molar-refractivity contribution in [3.63, 3.8) is 0 Å². The normalized spacial score (nSPS) is 11.5. The molecule has 0 spiro atoms. The molecule has 2 aromatic carbocycles. The Balaban J connectivity index is 1.75. The number of nitrogens with zero attached hydrogens (tertiary/aromatic N) is 3. The van der Waals surface area contributed by atoms with Gasteiger partial charge in [0.25, 0.3) is 0 Å². The predicted octanol–water partition coefficient (Wildman–Crippen LogP) is 3.92. The van der Waals surface area contributed by atoms with Crippen molar-refractivity contribution in [2.75, 3.05) is 24.3 Å². The van der Waals surface area contributed by atoms with E-state index < -0.39 is 0 Å². The molecule has 0 bridgehead atoms. The molecule has 0 saturated carbocycles. The molecule has 2 heterocycles. The molecule has 0 amide bonds.